The summed E-state index contributed by atoms with van der Waals surface area (Å²) in [6.07, 6.45) is 7.40. The van der Waals surface area contributed by atoms with Crippen LogP contribution in [0, 0.1) is 6.92 Å². The molecule has 0 aliphatic carbocycles. The quantitative estimate of drug-likeness (QED) is 0.888. The van der Waals surface area contributed by atoms with Gasteiger partial charge in [-0.15, -0.1) is 0 Å². The predicted molar refractivity (Wildman–Crippen MR) is 76.5 cm³/mol. The average molecular weight is 256 g/mol. The standard InChI is InChI=1S/C15H20N4/c1-12-5-7-18-10-14(12)15(8-16)19(2)11-13-4-3-6-17-9-13/h3-7,9-10,15H,8,11,16H2,1-2H3. The minimum absolute atomic E-state index is 0.175. The molecule has 0 fully saturated rings. The normalized spacial score (nSPS) is 12.6. The van der Waals surface area contributed by atoms with E-state index in [1.54, 1.807) is 6.20 Å². The maximum atomic E-state index is 5.94. The van der Waals surface area contributed by atoms with Gasteiger partial charge in [0.05, 0.1) is 0 Å². The SMILES string of the molecule is Cc1ccncc1C(CN)N(C)Cc1cccnc1. The van der Waals surface area contributed by atoms with Gasteiger partial charge in [-0.3, -0.25) is 14.9 Å². The first-order valence-corrected chi connectivity index (χ1v) is 6.42. The van der Waals surface area contributed by atoms with Crippen molar-refractivity contribution >= 4 is 0 Å². The van der Waals surface area contributed by atoms with Crippen LogP contribution in [0.4, 0.5) is 0 Å². The van der Waals surface area contributed by atoms with Gasteiger partial charge in [0, 0.05) is 43.9 Å². The number of pyridine rings is 2. The Hall–Kier alpha value is -1.78. The Bertz CT molecular complexity index is 513. The van der Waals surface area contributed by atoms with Gasteiger partial charge in [-0.1, -0.05) is 6.07 Å². The van der Waals surface area contributed by atoms with Crippen molar-refractivity contribution in [3.8, 4) is 0 Å². The molecule has 4 heteroatoms. The molecule has 100 valence electrons. The Morgan fingerprint density at radius 1 is 1.21 bits per heavy atom. The zero-order valence-corrected chi connectivity index (χ0v) is 11.5. The van der Waals surface area contributed by atoms with Crippen LogP contribution in [0.15, 0.2) is 43.0 Å². The zero-order valence-electron chi connectivity index (χ0n) is 11.5. The van der Waals surface area contributed by atoms with Gasteiger partial charge in [0.2, 0.25) is 0 Å². The van der Waals surface area contributed by atoms with Crippen LogP contribution in [-0.2, 0) is 6.54 Å². The summed E-state index contributed by atoms with van der Waals surface area (Å²) in [6, 6.07) is 6.23. The fourth-order valence-electron chi connectivity index (χ4n) is 2.26. The first-order valence-electron chi connectivity index (χ1n) is 6.42. The van der Waals surface area contributed by atoms with Crippen molar-refractivity contribution in [3.63, 3.8) is 0 Å². The summed E-state index contributed by atoms with van der Waals surface area (Å²) in [6.45, 7) is 3.49. The monoisotopic (exact) mass is 256 g/mol. The Balaban J connectivity index is 2.16. The van der Waals surface area contributed by atoms with E-state index in [0.29, 0.717) is 6.54 Å². The molecule has 0 amide bonds. The van der Waals surface area contributed by atoms with Gasteiger partial charge in [-0.2, -0.15) is 0 Å². The molecule has 2 heterocycles. The highest BCUT2D eigenvalue weighted by Gasteiger charge is 2.17. The highest BCUT2D eigenvalue weighted by molar-refractivity contribution is 5.25. The molecule has 0 saturated heterocycles. The lowest BCUT2D eigenvalue weighted by molar-refractivity contribution is 0.240. The lowest BCUT2D eigenvalue weighted by Crippen LogP contribution is -2.30. The second-order valence-corrected chi connectivity index (χ2v) is 4.76. The van der Waals surface area contributed by atoms with Gasteiger partial charge in [-0.05, 0) is 42.8 Å². The van der Waals surface area contributed by atoms with Gasteiger partial charge in [0.25, 0.3) is 0 Å². The Morgan fingerprint density at radius 3 is 2.63 bits per heavy atom. The summed E-state index contributed by atoms with van der Waals surface area (Å²) in [7, 11) is 2.08. The largest absolute Gasteiger partial charge is 0.329 e. The lowest BCUT2D eigenvalue weighted by atomic mass is 10.0. The molecule has 0 saturated carbocycles. The van der Waals surface area contributed by atoms with E-state index in [1.165, 1.54) is 16.7 Å². The topological polar surface area (TPSA) is 55.0 Å². The van der Waals surface area contributed by atoms with Crippen LogP contribution in [0.2, 0.25) is 0 Å². The fourth-order valence-corrected chi connectivity index (χ4v) is 2.26. The van der Waals surface area contributed by atoms with Crippen LogP contribution in [0.5, 0.6) is 0 Å². The minimum Gasteiger partial charge on any atom is -0.329 e. The van der Waals surface area contributed by atoms with E-state index in [4.69, 9.17) is 5.73 Å². The van der Waals surface area contributed by atoms with E-state index < -0.39 is 0 Å². The maximum absolute atomic E-state index is 5.94. The Morgan fingerprint density at radius 2 is 2.00 bits per heavy atom. The molecule has 2 N–H and O–H groups in total. The van der Waals surface area contributed by atoms with Crippen LogP contribution in [0.1, 0.15) is 22.7 Å². The molecule has 0 spiro atoms. The third-order valence-electron chi connectivity index (χ3n) is 3.35. The molecule has 0 radical (unpaired) electrons. The highest BCUT2D eigenvalue weighted by atomic mass is 15.1. The molecule has 1 unspecified atom stereocenters. The van der Waals surface area contributed by atoms with Crippen molar-refractivity contribution in [2.75, 3.05) is 13.6 Å². The molecule has 0 aliphatic heterocycles. The molecule has 0 bridgehead atoms. The summed E-state index contributed by atoms with van der Waals surface area (Å²) >= 11 is 0. The van der Waals surface area contributed by atoms with Gasteiger partial charge in [0.15, 0.2) is 0 Å². The molecular weight excluding hydrogens is 236 g/mol. The van der Waals surface area contributed by atoms with Crippen molar-refractivity contribution in [2.45, 2.75) is 19.5 Å². The predicted octanol–water partition coefficient (Wildman–Crippen LogP) is 1.92. The Kier molecular flexibility index (Phi) is 4.60. The highest BCUT2D eigenvalue weighted by Crippen LogP contribution is 2.22. The van der Waals surface area contributed by atoms with Crippen LogP contribution in [-0.4, -0.2) is 28.5 Å². The average Bonchev–Trinajstić information content (AvgIpc) is 2.43. The van der Waals surface area contributed by atoms with E-state index in [1.807, 2.05) is 30.7 Å². The van der Waals surface area contributed by atoms with Crippen molar-refractivity contribution in [1.82, 2.24) is 14.9 Å². The summed E-state index contributed by atoms with van der Waals surface area (Å²) in [5, 5.41) is 0. The molecule has 2 aromatic heterocycles. The summed E-state index contributed by atoms with van der Waals surface area (Å²) in [4.78, 5) is 10.6. The summed E-state index contributed by atoms with van der Waals surface area (Å²) in [5.74, 6) is 0. The zero-order chi connectivity index (χ0) is 13.7. The van der Waals surface area contributed by atoms with Gasteiger partial charge in [-0.25, -0.2) is 0 Å². The molecule has 0 aliphatic rings. The molecule has 1 atom stereocenters. The number of likely N-dealkylation sites (N-methyl/N-ethyl adjacent to an activating group) is 1. The maximum Gasteiger partial charge on any atom is 0.0488 e. The minimum atomic E-state index is 0.175. The number of aromatic nitrogens is 2. The molecule has 2 rings (SSSR count). The van der Waals surface area contributed by atoms with Gasteiger partial charge >= 0.3 is 0 Å². The lowest BCUT2D eigenvalue weighted by Gasteiger charge is -2.28. The third kappa shape index (κ3) is 3.36. The van der Waals surface area contributed by atoms with Gasteiger partial charge in [0.1, 0.15) is 0 Å². The Labute approximate surface area is 114 Å². The molecular formula is C15H20N4. The molecule has 19 heavy (non-hydrogen) atoms. The first-order chi connectivity index (χ1) is 9.22. The second-order valence-electron chi connectivity index (χ2n) is 4.76. The van der Waals surface area contributed by atoms with E-state index in [9.17, 15) is 0 Å². The van der Waals surface area contributed by atoms with Gasteiger partial charge < -0.3 is 5.73 Å². The smallest absolute Gasteiger partial charge is 0.0488 e. The van der Waals surface area contributed by atoms with E-state index in [2.05, 4.69) is 34.9 Å². The van der Waals surface area contributed by atoms with Crippen LogP contribution < -0.4 is 5.73 Å². The van der Waals surface area contributed by atoms with Crippen molar-refractivity contribution < 1.29 is 0 Å². The number of hydrogen-bond donors (Lipinski definition) is 1. The number of hydrogen-bond acceptors (Lipinski definition) is 4. The first kappa shape index (κ1) is 13.6. The van der Waals surface area contributed by atoms with Crippen molar-refractivity contribution in [1.29, 1.82) is 0 Å². The molecule has 4 nitrogen and oxygen atoms in total. The number of aryl methyl sites for hydroxylation is 1. The molecule has 0 aromatic carbocycles. The van der Waals surface area contributed by atoms with E-state index >= 15 is 0 Å². The third-order valence-corrected chi connectivity index (χ3v) is 3.35. The van der Waals surface area contributed by atoms with Crippen LogP contribution in [0.25, 0.3) is 0 Å². The number of nitrogens with zero attached hydrogens (tertiary/aromatic N) is 3. The van der Waals surface area contributed by atoms with Crippen LogP contribution >= 0.6 is 0 Å². The van der Waals surface area contributed by atoms with Crippen molar-refractivity contribution in [3.05, 3.63) is 59.7 Å². The summed E-state index contributed by atoms with van der Waals surface area (Å²) < 4.78 is 0. The fraction of sp³-hybridized carbons (Fsp3) is 0.333. The summed E-state index contributed by atoms with van der Waals surface area (Å²) in [5.41, 5.74) is 9.54. The van der Waals surface area contributed by atoms with Crippen molar-refractivity contribution in [2.24, 2.45) is 5.73 Å². The van der Waals surface area contributed by atoms with E-state index in [0.717, 1.165) is 6.54 Å². The molecule has 2 aromatic rings. The van der Waals surface area contributed by atoms with E-state index in [-0.39, 0.29) is 6.04 Å². The number of rotatable bonds is 5. The van der Waals surface area contributed by atoms with Crippen LogP contribution in [0.3, 0.4) is 0 Å². The second kappa shape index (κ2) is 6.41. The number of nitrogens with two attached hydrogens (primary N) is 1.